The quantitative estimate of drug-likeness (QED) is 0.251. The minimum Gasteiger partial charge on any atom is -0.394 e. The lowest BCUT2D eigenvalue weighted by Gasteiger charge is -2.23. The molecule has 2 heterocycles. The number of H-pyrrole nitrogens is 1. The molecule has 4 N–H and O–H groups in total. The van der Waals surface area contributed by atoms with E-state index in [4.69, 9.17) is 19.4 Å². The van der Waals surface area contributed by atoms with Gasteiger partial charge in [0.15, 0.2) is 12.3 Å². The average Bonchev–Trinajstić information content (AvgIpc) is 2.76. The van der Waals surface area contributed by atoms with Crippen LogP contribution in [0.15, 0.2) is 21.9 Å². The molecule has 12 nitrogen and oxygen atoms in total. The van der Waals surface area contributed by atoms with Crippen molar-refractivity contribution < 1.29 is 38.5 Å². The SMILES string of the molecule is COO[C@@H]1[C@H](OP(=O)(O)O)[C@@H](CO)O[C@H]1n1ccc(=O)[nH]c1=O. The second kappa shape index (κ2) is 7.03. The van der Waals surface area contributed by atoms with E-state index in [-0.39, 0.29) is 0 Å². The Balaban J connectivity index is 2.40. The Bertz CT molecular complexity index is 695. The standard InChI is InChI=1S/C10H15N2O10P/c1-19-21-8-7(22-23(16,17)18)5(4-13)20-9(8)12-3-2-6(14)11-10(12)15/h2-3,5,7-9,13H,4H2,1H3,(H,11,14,15)(H2,16,17,18)/t5-,7-,8-,9-/m1/s1. The number of rotatable bonds is 6. The van der Waals surface area contributed by atoms with Gasteiger partial charge in [-0.05, 0) is 0 Å². The van der Waals surface area contributed by atoms with Crippen molar-refractivity contribution in [3.05, 3.63) is 33.1 Å². The number of aromatic nitrogens is 2. The van der Waals surface area contributed by atoms with Gasteiger partial charge in [0.05, 0.1) is 13.7 Å². The number of aliphatic hydroxyl groups is 1. The predicted molar refractivity (Wildman–Crippen MR) is 71.1 cm³/mol. The summed E-state index contributed by atoms with van der Waals surface area (Å²) in [5.74, 6) is 0. The first-order valence-corrected chi connectivity index (χ1v) is 7.81. The maximum absolute atomic E-state index is 11.8. The number of phosphoric ester groups is 1. The first kappa shape index (κ1) is 18.0. The van der Waals surface area contributed by atoms with Crippen molar-refractivity contribution in [2.24, 2.45) is 0 Å². The van der Waals surface area contributed by atoms with Crippen LogP contribution in [0.2, 0.25) is 0 Å². The second-order valence-electron chi connectivity index (χ2n) is 4.55. The molecule has 0 radical (unpaired) electrons. The second-order valence-corrected chi connectivity index (χ2v) is 5.75. The van der Waals surface area contributed by atoms with E-state index in [1.165, 1.54) is 0 Å². The van der Waals surface area contributed by atoms with Crippen LogP contribution in [0, 0.1) is 0 Å². The number of hydrogen-bond donors (Lipinski definition) is 4. The number of aromatic amines is 1. The van der Waals surface area contributed by atoms with Gasteiger partial charge in [-0.25, -0.2) is 19.1 Å². The van der Waals surface area contributed by atoms with E-state index in [0.29, 0.717) is 0 Å². The highest BCUT2D eigenvalue weighted by atomic mass is 31.2. The molecular weight excluding hydrogens is 339 g/mol. The van der Waals surface area contributed by atoms with E-state index in [1.54, 1.807) is 0 Å². The molecule has 0 saturated carbocycles. The van der Waals surface area contributed by atoms with Crippen LogP contribution >= 0.6 is 7.82 Å². The molecular formula is C10H15N2O10P. The Morgan fingerprint density at radius 2 is 2.09 bits per heavy atom. The van der Waals surface area contributed by atoms with Gasteiger partial charge in [0, 0.05) is 12.3 Å². The summed E-state index contributed by atoms with van der Waals surface area (Å²) in [5.41, 5.74) is -1.49. The normalized spacial score (nSPS) is 28.2. The Morgan fingerprint density at radius 3 is 2.61 bits per heavy atom. The maximum atomic E-state index is 11.8. The molecule has 0 unspecified atom stereocenters. The topological polar surface area (TPSA) is 170 Å². The van der Waals surface area contributed by atoms with Crippen LogP contribution in [0.4, 0.5) is 0 Å². The van der Waals surface area contributed by atoms with Crippen LogP contribution in [-0.2, 0) is 23.6 Å². The molecule has 2 rings (SSSR count). The van der Waals surface area contributed by atoms with Gasteiger partial charge >= 0.3 is 13.5 Å². The van der Waals surface area contributed by atoms with E-state index < -0.39 is 50.2 Å². The fraction of sp³-hybridized carbons (Fsp3) is 0.600. The fourth-order valence-corrected chi connectivity index (χ4v) is 2.78. The van der Waals surface area contributed by atoms with Gasteiger partial charge in [-0.15, -0.1) is 0 Å². The molecule has 1 aliphatic rings. The molecule has 0 aliphatic carbocycles. The van der Waals surface area contributed by atoms with Gasteiger partial charge in [-0.3, -0.25) is 18.9 Å². The first-order valence-electron chi connectivity index (χ1n) is 6.28. The Morgan fingerprint density at radius 1 is 1.39 bits per heavy atom. The van der Waals surface area contributed by atoms with E-state index in [0.717, 1.165) is 23.9 Å². The Labute approximate surface area is 128 Å². The van der Waals surface area contributed by atoms with Crippen molar-refractivity contribution in [3.8, 4) is 0 Å². The zero-order valence-corrected chi connectivity index (χ0v) is 12.7. The number of nitrogens with zero attached hydrogens (tertiary/aromatic N) is 1. The van der Waals surface area contributed by atoms with Crippen molar-refractivity contribution in [1.82, 2.24) is 9.55 Å². The molecule has 4 atom stereocenters. The third kappa shape index (κ3) is 4.13. The number of aliphatic hydroxyl groups excluding tert-OH is 1. The van der Waals surface area contributed by atoms with E-state index >= 15 is 0 Å². The third-order valence-corrected chi connectivity index (χ3v) is 3.58. The highest BCUT2D eigenvalue weighted by Crippen LogP contribution is 2.44. The molecule has 1 aromatic heterocycles. The number of nitrogens with one attached hydrogen (secondary N) is 1. The van der Waals surface area contributed by atoms with Crippen LogP contribution in [0.5, 0.6) is 0 Å². The monoisotopic (exact) mass is 354 g/mol. The molecule has 23 heavy (non-hydrogen) atoms. The summed E-state index contributed by atoms with van der Waals surface area (Å²) >= 11 is 0. The first-order chi connectivity index (χ1) is 10.8. The maximum Gasteiger partial charge on any atom is 0.470 e. The summed E-state index contributed by atoms with van der Waals surface area (Å²) < 4.78 is 21.9. The van der Waals surface area contributed by atoms with Crippen molar-refractivity contribution in [2.45, 2.75) is 24.5 Å². The van der Waals surface area contributed by atoms with Crippen LogP contribution < -0.4 is 11.2 Å². The average molecular weight is 354 g/mol. The lowest BCUT2D eigenvalue weighted by molar-refractivity contribution is -0.326. The highest BCUT2D eigenvalue weighted by Gasteiger charge is 2.50. The number of phosphoric acid groups is 1. The summed E-state index contributed by atoms with van der Waals surface area (Å²) in [4.78, 5) is 52.2. The fourth-order valence-electron chi connectivity index (χ4n) is 2.21. The minimum atomic E-state index is -4.94. The molecule has 0 spiro atoms. The van der Waals surface area contributed by atoms with Gasteiger partial charge in [-0.2, -0.15) is 0 Å². The van der Waals surface area contributed by atoms with Crippen LogP contribution in [0.25, 0.3) is 0 Å². The summed E-state index contributed by atoms with van der Waals surface area (Å²) in [6.45, 7) is -0.664. The molecule has 1 saturated heterocycles. The van der Waals surface area contributed by atoms with Crippen molar-refractivity contribution in [1.29, 1.82) is 0 Å². The number of hydrogen-bond acceptors (Lipinski definition) is 8. The van der Waals surface area contributed by atoms with Crippen molar-refractivity contribution in [3.63, 3.8) is 0 Å². The summed E-state index contributed by atoms with van der Waals surface area (Å²) in [6.07, 6.45) is -4.08. The van der Waals surface area contributed by atoms with E-state index in [9.17, 15) is 19.3 Å². The Hall–Kier alpha value is -1.37. The van der Waals surface area contributed by atoms with Gasteiger partial charge in [0.25, 0.3) is 5.56 Å². The van der Waals surface area contributed by atoms with Crippen LogP contribution in [-0.4, -0.2) is 56.5 Å². The third-order valence-electron chi connectivity index (χ3n) is 3.06. The zero-order valence-electron chi connectivity index (χ0n) is 11.8. The molecule has 1 aromatic rings. The lowest BCUT2D eigenvalue weighted by atomic mass is 10.1. The molecule has 0 amide bonds. The largest absolute Gasteiger partial charge is 0.470 e. The summed E-state index contributed by atoms with van der Waals surface area (Å²) in [6, 6.07) is 1.04. The zero-order chi connectivity index (χ0) is 17.2. The van der Waals surface area contributed by atoms with Crippen molar-refractivity contribution >= 4 is 7.82 Å². The van der Waals surface area contributed by atoms with Crippen molar-refractivity contribution in [2.75, 3.05) is 13.7 Å². The van der Waals surface area contributed by atoms with Gasteiger partial charge < -0.3 is 19.6 Å². The molecule has 1 aliphatic heterocycles. The number of ether oxygens (including phenoxy) is 1. The highest BCUT2D eigenvalue weighted by molar-refractivity contribution is 7.46. The molecule has 1 fully saturated rings. The Kier molecular flexibility index (Phi) is 5.49. The predicted octanol–water partition coefficient (Wildman–Crippen LogP) is -2.15. The van der Waals surface area contributed by atoms with Gasteiger partial charge in [0.1, 0.15) is 12.2 Å². The molecule has 13 heteroatoms. The minimum absolute atomic E-state index is 0.643. The molecule has 130 valence electrons. The summed E-state index contributed by atoms with van der Waals surface area (Å²) in [5, 5.41) is 9.30. The smallest absolute Gasteiger partial charge is 0.394 e. The molecule has 0 aromatic carbocycles. The lowest BCUT2D eigenvalue weighted by Crippen LogP contribution is -2.40. The van der Waals surface area contributed by atoms with Crippen LogP contribution in [0.3, 0.4) is 0 Å². The van der Waals surface area contributed by atoms with Gasteiger partial charge in [-0.1, -0.05) is 0 Å². The van der Waals surface area contributed by atoms with Crippen LogP contribution in [0.1, 0.15) is 6.23 Å². The summed E-state index contributed by atoms with van der Waals surface area (Å²) in [7, 11) is -3.80. The van der Waals surface area contributed by atoms with E-state index in [1.807, 2.05) is 4.98 Å². The van der Waals surface area contributed by atoms with Gasteiger partial charge in [0.2, 0.25) is 0 Å². The molecule has 0 bridgehead atoms. The van der Waals surface area contributed by atoms with E-state index in [2.05, 4.69) is 9.41 Å².